The smallest absolute Gasteiger partial charge is 0.231 e. The van der Waals surface area contributed by atoms with Gasteiger partial charge in [0.15, 0.2) is 11.5 Å². The lowest BCUT2D eigenvalue weighted by Gasteiger charge is -2.38. The first-order valence-electron chi connectivity index (χ1n) is 10.7. The summed E-state index contributed by atoms with van der Waals surface area (Å²) in [4.78, 5) is 27.2. The number of carbonyl (C=O) groups is 2. The molecule has 3 rings (SSSR count). The Labute approximate surface area is 173 Å². The van der Waals surface area contributed by atoms with Gasteiger partial charge >= 0.3 is 0 Å². The molecule has 1 aliphatic carbocycles. The molecule has 0 radical (unpaired) electrons. The molecule has 160 valence electrons. The molecule has 1 saturated heterocycles. The number of benzene rings is 1. The fourth-order valence-corrected chi connectivity index (χ4v) is 4.92. The van der Waals surface area contributed by atoms with Crippen LogP contribution in [0, 0.1) is 5.92 Å². The number of rotatable bonds is 7. The maximum absolute atomic E-state index is 13.8. The summed E-state index contributed by atoms with van der Waals surface area (Å²) in [5.41, 5.74) is 0.881. The molecular weight excluding hydrogens is 370 g/mol. The molecule has 2 aliphatic rings. The first kappa shape index (κ1) is 21.5. The van der Waals surface area contributed by atoms with E-state index in [9.17, 15) is 9.59 Å². The van der Waals surface area contributed by atoms with Gasteiger partial charge in [-0.1, -0.05) is 19.3 Å². The van der Waals surface area contributed by atoms with Crippen LogP contribution in [0.15, 0.2) is 12.1 Å². The highest BCUT2D eigenvalue weighted by molar-refractivity contribution is 5.87. The Kier molecular flexibility index (Phi) is 7.40. The Balaban J connectivity index is 2.03. The van der Waals surface area contributed by atoms with Crippen LogP contribution in [0.4, 0.5) is 0 Å². The van der Waals surface area contributed by atoms with Gasteiger partial charge in [0.25, 0.3) is 0 Å². The Bertz CT molecular complexity index is 688. The van der Waals surface area contributed by atoms with Crippen LogP contribution in [0.2, 0.25) is 0 Å². The summed E-state index contributed by atoms with van der Waals surface area (Å²) in [7, 11) is 4.75. The van der Waals surface area contributed by atoms with Gasteiger partial charge in [0, 0.05) is 6.54 Å². The second-order valence-electron chi connectivity index (χ2n) is 8.07. The van der Waals surface area contributed by atoms with E-state index in [-0.39, 0.29) is 23.8 Å². The van der Waals surface area contributed by atoms with Crippen molar-refractivity contribution in [1.82, 2.24) is 4.90 Å². The van der Waals surface area contributed by atoms with Crippen molar-refractivity contribution in [2.75, 3.05) is 27.9 Å². The third-order valence-corrected chi connectivity index (χ3v) is 6.42. The van der Waals surface area contributed by atoms with Crippen molar-refractivity contribution in [3.63, 3.8) is 0 Å². The molecule has 0 spiro atoms. The Morgan fingerprint density at radius 2 is 1.59 bits per heavy atom. The molecule has 2 atom stereocenters. The predicted molar refractivity (Wildman–Crippen MR) is 111 cm³/mol. The van der Waals surface area contributed by atoms with Crippen LogP contribution in [0.5, 0.6) is 17.2 Å². The minimum absolute atomic E-state index is 0.0583. The van der Waals surface area contributed by atoms with Gasteiger partial charge in [0.2, 0.25) is 11.7 Å². The van der Waals surface area contributed by atoms with Crippen LogP contribution in [-0.2, 0) is 9.59 Å². The number of piperidine rings is 1. The summed E-state index contributed by atoms with van der Waals surface area (Å²) in [5, 5.41) is 0. The van der Waals surface area contributed by atoms with E-state index in [0.717, 1.165) is 56.8 Å². The number of hydrogen-bond acceptors (Lipinski definition) is 5. The summed E-state index contributed by atoms with van der Waals surface area (Å²) < 4.78 is 16.5. The van der Waals surface area contributed by atoms with E-state index in [1.807, 2.05) is 12.1 Å². The lowest BCUT2D eigenvalue weighted by atomic mass is 9.75. The van der Waals surface area contributed by atoms with E-state index in [0.29, 0.717) is 23.8 Å². The van der Waals surface area contributed by atoms with Gasteiger partial charge in [-0.25, -0.2) is 0 Å². The topological polar surface area (TPSA) is 65.1 Å². The van der Waals surface area contributed by atoms with Gasteiger partial charge < -0.3 is 23.9 Å². The molecular formula is C23H33NO5. The van der Waals surface area contributed by atoms with Crippen molar-refractivity contribution in [2.45, 2.75) is 63.3 Å². The Morgan fingerprint density at radius 3 is 2.14 bits per heavy atom. The SMILES string of the molecule is COc1cc(C(C(=O)N2CCCCC2C=O)C2CCCCC2)cc(OC)c1OC. The second kappa shape index (κ2) is 9.99. The molecule has 1 heterocycles. The molecule has 0 N–H and O–H groups in total. The number of methoxy groups -OCH3 is 3. The molecule has 29 heavy (non-hydrogen) atoms. The number of aldehydes is 1. The highest BCUT2D eigenvalue weighted by Crippen LogP contribution is 2.44. The second-order valence-corrected chi connectivity index (χ2v) is 8.07. The van der Waals surface area contributed by atoms with E-state index in [4.69, 9.17) is 14.2 Å². The van der Waals surface area contributed by atoms with E-state index in [1.165, 1.54) is 6.42 Å². The molecule has 1 aliphatic heterocycles. The number of hydrogen-bond donors (Lipinski definition) is 0. The van der Waals surface area contributed by atoms with E-state index >= 15 is 0 Å². The lowest BCUT2D eigenvalue weighted by Crippen LogP contribution is -2.48. The average Bonchev–Trinajstić information content (AvgIpc) is 2.79. The van der Waals surface area contributed by atoms with Crippen molar-refractivity contribution in [2.24, 2.45) is 5.92 Å². The van der Waals surface area contributed by atoms with Crippen molar-refractivity contribution >= 4 is 12.2 Å². The Hall–Kier alpha value is -2.24. The Morgan fingerprint density at radius 1 is 0.966 bits per heavy atom. The van der Waals surface area contributed by atoms with Crippen LogP contribution in [0.3, 0.4) is 0 Å². The van der Waals surface area contributed by atoms with Crippen LogP contribution in [-0.4, -0.2) is 51.0 Å². The quantitative estimate of drug-likeness (QED) is 0.645. The summed E-state index contributed by atoms with van der Waals surface area (Å²) in [6.07, 6.45) is 9.15. The zero-order valence-corrected chi connectivity index (χ0v) is 17.8. The first-order valence-corrected chi connectivity index (χ1v) is 10.7. The van der Waals surface area contributed by atoms with Gasteiger partial charge in [0.05, 0.1) is 33.3 Å². The van der Waals surface area contributed by atoms with Crippen molar-refractivity contribution in [3.8, 4) is 17.2 Å². The molecule has 2 unspecified atom stereocenters. The van der Waals surface area contributed by atoms with Crippen LogP contribution < -0.4 is 14.2 Å². The summed E-state index contributed by atoms with van der Waals surface area (Å²) in [5.74, 6) is 1.65. The molecule has 1 amide bonds. The normalized spacial score (nSPS) is 21.3. The fourth-order valence-electron chi connectivity index (χ4n) is 4.92. The number of nitrogens with zero attached hydrogens (tertiary/aromatic N) is 1. The van der Waals surface area contributed by atoms with E-state index in [1.54, 1.807) is 26.2 Å². The van der Waals surface area contributed by atoms with Crippen LogP contribution in [0.1, 0.15) is 62.8 Å². The maximum Gasteiger partial charge on any atom is 0.231 e. The highest BCUT2D eigenvalue weighted by atomic mass is 16.5. The standard InChI is InChI=1S/C23H33NO5/c1-27-19-13-17(14-20(28-2)22(19)29-3)21(16-9-5-4-6-10-16)23(26)24-12-8-7-11-18(24)15-25/h13-16,18,21H,4-12H2,1-3H3. The molecule has 6 heteroatoms. The minimum atomic E-state index is -0.315. The summed E-state index contributed by atoms with van der Waals surface area (Å²) in [6.45, 7) is 0.649. The van der Waals surface area contributed by atoms with Gasteiger partial charge in [-0.05, 0) is 55.7 Å². The third-order valence-electron chi connectivity index (χ3n) is 6.42. The molecule has 1 aromatic rings. The molecule has 6 nitrogen and oxygen atoms in total. The van der Waals surface area contributed by atoms with Crippen molar-refractivity contribution < 1.29 is 23.8 Å². The highest BCUT2D eigenvalue weighted by Gasteiger charge is 2.38. The molecule has 1 saturated carbocycles. The van der Waals surface area contributed by atoms with Crippen molar-refractivity contribution in [3.05, 3.63) is 17.7 Å². The number of amides is 1. The molecule has 0 bridgehead atoms. The summed E-state index contributed by atoms with van der Waals surface area (Å²) in [6, 6.07) is 3.49. The summed E-state index contributed by atoms with van der Waals surface area (Å²) >= 11 is 0. The van der Waals surface area contributed by atoms with Crippen molar-refractivity contribution in [1.29, 1.82) is 0 Å². The largest absolute Gasteiger partial charge is 0.493 e. The third kappa shape index (κ3) is 4.51. The van der Waals surface area contributed by atoms with Gasteiger partial charge in [0.1, 0.15) is 6.29 Å². The molecule has 0 aromatic heterocycles. The average molecular weight is 404 g/mol. The monoisotopic (exact) mass is 403 g/mol. The van der Waals surface area contributed by atoms with Crippen LogP contribution in [0.25, 0.3) is 0 Å². The minimum Gasteiger partial charge on any atom is -0.493 e. The zero-order valence-electron chi connectivity index (χ0n) is 17.8. The lowest BCUT2D eigenvalue weighted by molar-refractivity contribution is -0.140. The number of likely N-dealkylation sites (tertiary alicyclic amines) is 1. The fraction of sp³-hybridized carbons (Fsp3) is 0.652. The number of ether oxygens (including phenoxy) is 3. The van der Waals surface area contributed by atoms with Crippen LogP contribution >= 0.6 is 0 Å². The predicted octanol–water partition coefficient (Wildman–Crippen LogP) is 3.96. The van der Waals surface area contributed by atoms with Gasteiger partial charge in [-0.2, -0.15) is 0 Å². The molecule has 2 fully saturated rings. The van der Waals surface area contributed by atoms with Gasteiger partial charge in [-0.3, -0.25) is 4.79 Å². The van der Waals surface area contributed by atoms with Gasteiger partial charge in [-0.15, -0.1) is 0 Å². The molecule has 1 aromatic carbocycles. The first-order chi connectivity index (χ1) is 14.1. The number of carbonyl (C=O) groups excluding carboxylic acids is 2. The van der Waals surface area contributed by atoms with E-state index < -0.39 is 0 Å². The zero-order chi connectivity index (χ0) is 20.8. The van der Waals surface area contributed by atoms with E-state index in [2.05, 4.69) is 0 Å². The maximum atomic E-state index is 13.8.